The molecule has 0 spiro atoms. The van der Waals surface area contributed by atoms with E-state index in [0.29, 0.717) is 32.0 Å². The zero-order valence-corrected chi connectivity index (χ0v) is 20.2. The fourth-order valence-electron chi connectivity index (χ4n) is 4.01. The Kier molecular flexibility index (Phi) is 8.64. The molecule has 6 nitrogen and oxygen atoms in total. The highest BCUT2D eigenvalue weighted by molar-refractivity contribution is 5.68. The van der Waals surface area contributed by atoms with Crippen LogP contribution in [0.25, 0.3) is 0 Å². The third kappa shape index (κ3) is 7.90. The number of nitrogens with one attached hydrogen (secondary N) is 1. The normalized spacial score (nSPS) is 15.4. The van der Waals surface area contributed by atoms with Crippen molar-refractivity contribution >= 4 is 12.2 Å². The van der Waals surface area contributed by atoms with Crippen LogP contribution in [0.5, 0.6) is 0 Å². The number of amides is 2. The standard InChI is InChI=1S/C26H31F3N2O4/c1-26(2,3)35-24(32)30-23(19-14-21(28)22(29)15-20(19)27)13-17-9-11-31(12-10-17)25(33)34-16-18-7-5-4-6-8-18/h4-8,14-15,17,23H,9-13,16H2,1-3H3,(H,30,32)/t23-/m1/s1. The molecule has 1 fully saturated rings. The molecule has 1 saturated heterocycles. The molecule has 1 N–H and O–H groups in total. The van der Waals surface area contributed by atoms with Crippen LogP contribution in [-0.4, -0.2) is 35.8 Å². The zero-order chi connectivity index (χ0) is 25.6. The van der Waals surface area contributed by atoms with Gasteiger partial charge in [-0.05, 0) is 57.6 Å². The Labute approximate surface area is 203 Å². The quantitative estimate of drug-likeness (QED) is 0.494. The van der Waals surface area contributed by atoms with E-state index in [9.17, 15) is 22.8 Å². The average molecular weight is 493 g/mol. The highest BCUT2D eigenvalue weighted by atomic mass is 19.2. The lowest BCUT2D eigenvalue weighted by molar-refractivity contribution is 0.0488. The summed E-state index contributed by atoms with van der Waals surface area (Å²) in [6, 6.07) is 9.67. The van der Waals surface area contributed by atoms with Gasteiger partial charge in [0.25, 0.3) is 0 Å². The van der Waals surface area contributed by atoms with Gasteiger partial charge in [0.05, 0.1) is 6.04 Å². The highest BCUT2D eigenvalue weighted by Gasteiger charge is 2.30. The molecular formula is C26H31F3N2O4. The van der Waals surface area contributed by atoms with Crippen LogP contribution in [0, 0.1) is 23.4 Å². The van der Waals surface area contributed by atoms with E-state index >= 15 is 0 Å². The topological polar surface area (TPSA) is 67.9 Å². The lowest BCUT2D eigenvalue weighted by atomic mass is 9.87. The van der Waals surface area contributed by atoms with E-state index in [4.69, 9.17) is 9.47 Å². The van der Waals surface area contributed by atoms with Crippen LogP contribution >= 0.6 is 0 Å². The first-order chi connectivity index (χ1) is 16.5. The minimum atomic E-state index is -1.30. The molecule has 0 aromatic heterocycles. The summed E-state index contributed by atoms with van der Waals surface area (Å²) < 4.78 is 52.6. The number of hydrogen-bond acceptors (Lipinski definition) is 4. The Morgan fingerprint density at radius 1 is 1.03 bits per heavy atom. The van der Waals surface area contributed by atoms with Crippen LogP contribution in [-0.2, 0) is 16.1 Å². The third-order valence-corrected chi connectivity index (χ3v) is 5.75. The largest absolute Gasteiger partial charge is 0.445 e. The molecule has 0 unspecified atom stereocenters. The maximum absolute atomic E-state index is 14.5. The van der Waals surface area contributed by atoms with Gasteiger partial charge in [0, 0.05) is 24.7 Å². The lowest BCUT2D eigenvalue weighted by Gasteiger charge is -2.33. The molecule has 0 bridgehead atoms. The van der Waals surface area contributed by atoms with E-state index in [1.165, 1.54) is 0 Å². The van der Waals surface area contributed by atoms with Gasteiger partial charge in [0.15, 0.2) is 11.6 Å². The highest BCUT2D eigenvalue weighted by Crippen LogP contribution is 2.31. The van der Waals surface area contributed by atoms with Gasteiger partial charge < -0.3 is 19.7 Å². The van der Waals surface area contributed by atoms with E-state index in [2.05, 4.69) is 5.32 Å². The molecule has 2 amide bonds. The van der Waals surface area contributed by atoms with Crippen LogP contribution in [0.4, 0.5) is 22.8 Å². The summed E-state index contributed by atoms with van der Waals surface area (Å²) in [4.78, 5) is 26.4. The molecule has 2 aromatic rings. The molecule has 0 aliphatic carbocycles. The smallest absolute Gasteiger partial charge is 0.410 e. The van der Waals surface area contributed by atoms with Crippen molar-refractivity contribution < 1.29 is 32.2 Å². The SMILES string of the molecule is CC(C)(C)OC(=O)N[C@H](CC1CCN(C(=O)OCc2ccccc2)CC1)c1cc(F)c(F)cc1F. The molecule has 1 aliphatic heterocycles. The molecule has 1 heterocycles. The summed E-state index contributed by atoms with van der Waals surface area (Å²) in [5.74, 6) is -3.45. The molecule has 35 heavy (non-hydrogen) atoms. The number of hydrogen-bond donors (Lipinski definition) is 1. The predicted molar refractivity (Wildman–Crippen MR) is 124 cm³/mol. The number of likely N-dealkylation sites (tertiary alicyclic amines) is 1. The summed E-state index contributed by atoms with van der Waals surface area (Å²) in [6.07, 6.45) is 0.237. The van der Waals surface area contributed by atoms with Crippen LogP contribution in [0.2, 0.25) is 0 Å². The minimum absolute atomic E-state index is 0.000578. The second-order valence-electron chi connectivity index (χ2n) is 9.69. The Morgan fingerprint density at radius 2 is 1.66 bits per heavy atom. The first-order valence-electron chi connectivity index (χ1n) is 11.6. The maximum atomic E-state index is 14.5. The van der Waals surface area contributed by atoms with Crippen molar-refractivity contribution in [1.82, 2.24) is 10.2 Å². The molecule has 0 saturated carbocycles. The number of benzene rings is 2. The lowest BCUT2D eigenvalue weighted by Crippen LogP contribution is -2.40. The summed E-state index contributed by atoms with van der Waals surface area (Å²) >= 11 is 0. The number of ether oxygens (including phenoxy) is 2. The van der Waals surface area contributed by atoms with Crippen LogP contribution < -0.4 is 5.32 Å². The fourth-order valence-corrected chi connectivity index (χ4v) is 4.01. The van der Waals surface area contributed by atoms with Crippen LogP contribution in [0.1, 0.15) is 57.2 Å². The molecule has 3 rings (SSSR count). The van der Waals surface area contributed by atoms with Gasteiger partial charge in [-0.25, -0.2) is 22.8 Å². The summed E-state index contributed by atoms with van der Waals surface area (Å²) in [5.41, 5.74) is -0.0491. The summed E-state index contributed by atoms with van der Waals surface area (Å²) in [7, 11) is 0. The number of nitrogens with zero attached hydrogens (tertiary/aromatic N) is 1. The van der Waals surface area contributed by atoms with Crippen molar-refractivity contribution in [2.45, 2.75) is 58.3 Å². The van der Waals surface area contributed by atoms with Gasteiger partial charge in [0.2, 0.25) is 0 Å². The monoisotopic (exact) mass is 492 g/mol. The Morgan fingerprint density at radius 3 is 2.29 bits per heavy atom. The molecule has 1 atom stereocenters. The van der Waals surface area contributed by atoms with Crippen molar-refractivity contribution in [3.63, 3.8) is 0 Å². The van der Waals surface area contributed by atoms with Crippen molar-refractivity contribution in [2.24, 2.45) is 5.92 Å². The van der Waals surface area contributed by atoms with E-state index in [-0.39, 0.29) is 24.5 Å². The predicted octanol–water partition coefficient (Wildman–Crippen LogP) is 6.11. The molecule has 2 aromatic carbocycles. The van der Waals surface area contributed by atoms with Crippen molar-refractivity contribution in [1.29, 1.82) is 0 Å². The van der Waals surface area contributed by atoms with E-state index < -0.39 is 41.3 Å². The first-order valence-corrected chi connectivity index (χ1v) is 11.6. The zero-order valence-electron chi connectivity index (χ0n) is 20.2. The Balaban J connectivity index is 1.62. The summed E-state index contributed by atoms with van der Waals surface area (Å²) in [6.45, 7) is 6.09. The number of halogens is 3. The molecule has 190 valence electrons. The average Bonchev–Trinajstić information content (AvgIpc) is 2.79. The number of piperidine rings is 1. The van der Waals surface area contributed by atoms with E-state index in [1.807, 2.05) is 30.3 Å². The number of carbonyl (C=O) groups is 2. The molecular weight excluding hydrogens is 461 g/mol. The van der Waals surface area contributed by atoms with Crippen molar-refractivity contribution in [3.8, 4) is 0 Å². The van der Waals surface area contributed by atoms with Gasteiger partial charge in [-0.3, -0.25) is 0 Å². The third-order valence-electron chi connectivity index (χ3n) is 5.75. The van der Waals surface area contributed by atoms with Crippen LogP contribution in [0.15, 0.2) is 42.5 Å². The maximum Gasteiger partial charge on any atom is 0.410 e. The van der Waals surface area contributed by atoms with Gasteiger partial charge in [-0.15, -0.1) is 0 Å². The van der Waals surface area contributed by atoms with Crippen LogP contribution in [0.3, 0.4) is 0 Å². The second kappa shape index (κ2) is 11.5. The van der Waals surface area contributed by atoms with Gasteiger partial charge in [-0.2, -0.15) is 0 Å². The number of rotatable bonds is 6. The minimum Gasteiger partial charge on any atom is -0.445 e. The Bertz CT molecular complexity index is 1020. The van der Waals surface area contributed by atoms with E-state index in [0.717, 1.165) is 11.6 Å². The van der Waals surface area contributed by atoms with Gasteiger partial charge >= 0.3 is 12.2 Å². The number of alkyl carbamates (subject to hydrolysis) is 1. The van der Waals surface area contributed by atoms with Gasteiger partial charge in [0.1, 0.15) is 18.0 Å². The van der Waals surface area contributed by atoms with Gasteiger partial charge in [-0.1, -0.05) is 30.3 Å². The van der Waals surface area contributed by atoms with Crippen molar-refractivity contribution in [3.05, 3.63) is 71.0 Å². The first kappa shape index (κ1) is 26.4. The summed E-state index contributed by atoms with van der Waals surface area (Å²) in [5, 5.41) is 2.60. The fraction of sp³-hybridized carbons (Fsp3) is 0.462. The number of carbonyl (C=O) groups excluding carboxylic acids is 2. The molecule has 0 radical (unpaired) electrons. The molecule has 1 aliphatic rings. The van der Waals surface area contributed by atoms with E-state index in [1.54, 1.807) is 25.7 Å². The second-order valence-corrected chi connectivity index (χ2v) is 9.69. The molecule has 9 heteroatoms. The van der Waals surface area contributed by atoms with Crippen molar-refractivity contribution in [2.75, 3.05) is 13.1 Å². The Hall–Kier alpha value is -3.23.